The highest BCUT2D eigenvalue weighted by Gasteiger charge is 2.04. The summed E-state index contributed by atoms with van der Waals surface area (Å²) >= 11 is 1.58. The van der Waals surface area contributed by atoms with Crippen molar-refractivity contribution in [1.29, 1.82) is 0 Å². The molecule has 0 aliphatic carbocycles. The normalized spacial score (nSPS) is 10.7. The quantitative estimate of drug-likeness (QED) is 0.837. The second-order valence-electron chi connectivity index (χ2n) is 4.53. The molecule has 1 aromatic carbocycles. The Bertz CT molecular complexity index is 552. The number of rotatable bonds is 4. The first-order valence-electron chi connectivity index (χ1n) is 6.18. The van der Waals surface area contributed by atoms with Gasteiger partial charge in [-0.25, -0.2) is 4.98 Å². The van der Waals surface area contributed by atoms with Gasteiger partial charge in [-0.3, -0.25) is 0 Å². The lowest BCUT2D eigenvalue weighted by Crippen LogP contribution is -2.00. The zero-order valence-electron chi connectivity index (χ0n) is 11.3. The van der Waals surface area contributed by atoms with E-state index in [1.165, 1.54) is 5.56 Å². The Hall–Kier alpha value is -1.75. The summed E-state index contributed by atoms with van der Waals surface area (Å²) in [4.78, 5) is 9.44. The number of nitrogens with zero attached hydrogens (tertiary/aromatic N) is 2. The summed E-state index contributed by atoms with van der Waals surface area (Å²) in [6.07, 6.45) is 0. The molecule has 3 N–H and O–H groups in total. The summed E-state index contributed by atoms with van der Waals surface area (Å²) in [6, 6.07) is 10.4. The van der Waals surface area contributed by atoms with Gasteiger partial charge in [0.2, 0.25) is 5.95 Å². The average molecular weight is 274 g/mol. The van der Waals surface area contributed by atoms with E-state index in [2.05, 4.69) is 53.4 Å². The van der Waals surface area contributed by atoms with Crippen molar-refractivity contribution in [3.8, 4) is 0 Å². The van der Waals surface area contributed by atoms with Crippen molar-refractivity contribution < 1.29 is 0 Å². The first-order valence-corrected chi connectivity index (χ1v) is 7.00. The molecule has 0 spiro atoms. The largest absolute Gasteiger partial charge is 0.373 e. The predicted octanol–water partition coefficient (Wildman–Crippen LogP) is 3.38. The number of hydrogen-bond donors (Lipinski definition) is 2. The highest BCUT2D eigenvalue weighted by atomic mass is 32.2. The van der Waals surface area contributed by atoms with Crippen LogP contribution in [-0.2, 0) is 0 Å². The van der Waals surface area contributed by atoms with E-state index >= 15 is 0 Å². The van der Waals surface area contributed by atoms with Crippen LogP contribution in [0.4, 0.5) is 11.8 Å². The van der Waals surface area contributed by atoms with Crippen LogP contribution in [0.5, 0.6) is 0 Å². The smallest absolute Gasteiger partial charge is 0.223 e. The third-order valence-electron chi connectivity index (χ3n) is 2.75. The fraction of sp³-hybridized carbons (Fsp3) is 0.286. The molecule has 0 saturated carbocycles. The van der Waals surface area contributed by atoms with Crippen LogP contribution in [0.3, 0.4) is 0 Å². The van der Waals surface area contributed by atoms with Gasteiger partial charge in [0.25, 0.3) is 0 Å². The van der Waals surface area contributed by atoms with Gasteiger partial charge in [-0.2, -0.15) is 4.98 Å². The monoisotopic (exact) mass is 274 g/mol. The van der Waals surface area contributed by atoms with Gasteiger partial charge >= 0.3 is 0 Å². The van der Waals surface area contributed by atoms with Crippen LogP contribution < -0.4 is 11.1 Å². The highest BCUT2D eigenvalue weighted by Crippen LogP contribution is 2.29. The van der Waals surface area contributed by atoms with Crippen LogP contribution >= 0.6 is 11.8 Å². The topological polar surface area (TPSA) is 63.8 Å². The zero-order valence-corrected chi connectivity index (χ0v) is 12.2. The summed E-state index contributed by atoms with van der Waals surface area (Å²) in [6.45, 7) is 4.37. The fourth-order valence-electron chi connectivity index (χ4n) is 1.66. The number of nitrogen functional groups attached to an aromatic ring is 1. The van der Waals surface area contributed by atoms with E-state index in [0.29, 0.717) is 5.92 Å². The predicted molar refractivity (Wildman–Crippen MR) is 80.6 cm³/mol. The summed E-state index contributed by atoms with van der Waals surface area (Å²) in [5.41, 5.74) is 7.01. The number of nitrogens with one attached hydrogen (secondary N) is 1. The van der Waals surface area contributed by atoms with Gasteiger partial charge in [0.15, 0.2) is 0 Å². The fourth-order valence-corrected chi connectivity index (χ4v) is 2.49. The average Bonchev–Trinajstić information content (AvgIpc) is 2.38. The maximum absolute atomic E-state index is 5.68. The summed E-state index contributed by atoms with van der Waals surface area (Å²) in [7, 11) is 1.81. The highest BCUT2D eigenvalue weighted by molar-refractivity contribution is 7.99. The molecule has 4 nitrogen and oxygen atoms in total. The molecule has 1 aromatic heterocycles. The van der Waals surface area contributed by atoms with Crippen LogP contribution in [0.1, 0.15) is 25.3 Å². The second kappa shape index (κ2) is 5.93. The molecule has 0 amide bonds. The Morgan fingerprint density at radius 2 is 1.84 bits per heavy atom. The van der Waals surface area contributed by atoms with Gasteiger partial charge in [0.1, 0.15) is 10.8 Å². The van der Waals surface area contributed by atoms with Crippen molar-refractivity contribution in [3.63, 3.8) is 0 Å². The minimum absolute atomic E-state index is 0.285. The van der Waals surface area contributed by atoms with Crippen molar-refractivity contribution in [1.82, 2.24) is 9.97 Å². The van der Waals surface area contributed by atoms with E-state index in [0.717, 1.165) is 15.7 Å². The molecule has 0 radical (unpaired) electrons. The zero-order chi connectivity index (χ0) is 13.8. The van der Waals surface area contributed by atoms with Gasteiger partial charge in [-0.1, -0.05) is 37.7 Å². The third-order valence-corrected chi connectivity index (χ3v) is 3.67. The van der Waals surface area contributed by atoms with Crippen molar-refractivity contribution in [2.24, 2.45) is 0 Å². The van der Waals surface area contributed by atoms with E-state index in [-0.39, 0.29) is 5.95 Å². The number of aromatic nitrogens is 2. The molecule has 2 aromatic rings. The number of nitrogens with two attached hydrogens (primary N) is 1. The van der Waals surface area contributed by atoms with Gasteiger partial charge in [-0.15, -0.1) is 0 Å². The molecule has 5 heteroatoms. The molecular formula is C14H18N4S. The van der Waals surface area contributed by atoms with Crippen LogP contribution in [0.2, 0.25) is 0 Å². The van der Waals surface area contributed by atoms with Gasteiger partial charge in [0.05, 0.1) is 0 Å². The first-order chi connectivity index (χ1) is 9.08. The van der Waals surface area contributed by atoms with Gasteiger partial charge in [0, 0.05) is 18.0 Å². The van der Waals surface area contributed by atoms with Crippen molar-refractivity contribution in [2.45, 2.75) is 29.7 Å². The maximum atomic E-state index is 5.68. The molecule has 100 valence electrons. The van der Waals surface area contributed by atoms with Crippen LogP contribution in [0.25, 0.3) is 0 Å². The molecule has 0 aliphatic heterocycles. The number of benzene rings is 1. The molecule has 0 saturated heterocycles. The lowest BCUT2D eigenvalue weighted by molar-refractivity contribution is 0.865. The Morgan fingerprint density at radius 1 is 1.16 bits per heavy atom. The molecule has 1 heterocycles. The molecule has 19 heavy (non-hydrogen) atoms. The Balaban J connectivity index is 2.18. The van der Waals surface area contributed by atoms with Gasteiger partial charge < -0.3 is 11.1 Å². The third kappa shape index (κ3) is 3.61. The first kappa shape index (κ1) is 13.7. The van der Waals surface area contributed by atoms with E-state index in [1.807, 2.05) is 13.1 Å². The van der Waals surface area contributed by atoms with Crippen molar-refractivity contribution >= 4 is 23.5 Å². The Morgan fingerprint density at radius 3 is 2.42 bits per heavy atom. The number of hydrogen-bond acceptors (Lipinski definition) is 5. The Kier molecular flexibility index (Phi) is 4.27. The summed E-state index contributed by atoms with van der Waals surface area (Å²) in [5, 5.41) is 3.82. The summed E-state index contributed by atoms with van der Waals surface area (Å²) < 4.78 is 0. The van der Waals surface area contributed by atoms with E-state index < -0.39 is 0 Å². The molecule has 0 bridgehead atoms. The molecule has 0 aliphatic rings. The van der Waals surface area contributed by atoms with Crippen LogP contribution in [0.15, 0.2) is 40.3 Å². The maximum Gasteiger partial charge on any atom is 0.223 e. The lowest BCUT2D eigenvalue weighted by atomic mass is 10.0. The molecule has 2 rings (SSSR count). The second-order valence-corrected chi connectivity index (χ2v) is 5.62. The van der Waals surface area contributed by atoms with E-state index in [4.69, 9.17) is 5.73 Å². The standard InChI is InChI=1S/C14H18N4S/c1-9(2)10-4-6-11(7-5-10)19-13-8-12(16-3)17-14(15)18-13/h4-9H,1-3H3,(H3,15,16,17,18). The van der Waals surface area contributed by atoms with Crippen LogP contribution in [-0.4, -0.2) is 17.0 Å². The molecule has 0 atom stereocenters. The minimum atomic E-state index is 0.285. The molecule has 0 fully saturated rings. The molecule has 0 unspecified atom stereocenters. The van der Waals surface area contributed by atoms with E-state index in [9.17, 15) is 0 Å². The van der Waals surface area contributed by atoms with Crippen molar-refractivity contribution in [3.05, 3.63) is 35.9 Å². The SMILES string of the molecule is CNc1cc(Sc2ccc(C(C)C)cc2)nc(N)n1. The summed E-state index contributed by atoms with van der Waals surface area (Å²) in [5.74, 6) is 1.56. The Labute approximate surface area is 117 Å². The minimum Gasteiger partial charge on any atom is -0.373 e. The van der Waals surface area contributed by atoms with Crippen LogP contribution in [0, 0.1) is 0 Å². The van der Waals surface area contributed by atoms with E-state index in [1.54, 1.807) is 11.8 Å². The van der Waals surface area contributed by atoms with Gasteiger partial charge in [-0.05, 0) is 23.6 Å². The molecular weight excluding hydrogens is 256 g/mol. The lowest BCUT2D eigenvalue weighted by Gasteiger charge is -2.07. The van der Waals surface area contributed by atoms with Crippen molar-refractivity contribution in [2.75, 3.05) is 18.1 Å². The number of anilines is 2.